The van der Waals surface area contributed by atoms with Crippen molar-refractivity contribution in [3.63, 3.8) is 0 Å². The van der Waals surface area contributed by atoms with E-state index in [0.717, 1.165) is 0 Å². The summed E-state index contributed by atoms with van der Waals surface area (Å²) in [6.45, 7) is 4.06. The zero-order valence-corrected chi connectivity index (χ0v) is 14.8. The summed E-state index contributed by atoms with van der Waals surface area (Å²) < 4.78 is 31.7. The Morgan fingerprint density at radius 3 is 2.33 bits per heavy atom. The zero-order chi connectivity index (χ0) is 18.2. The SMILES string of the molecule is CCNC(=O)CNC(=O)c1ccc(S(=O)(=O)N[C@@H](C)COC)cc1. The molecule has 9 heteroatoms. The Kier molecular flexibility index (Phi) is 7.83. The highest BCUT2D eigenvalue weighted by atomic mass is 32.2. The summed E-state index contributed by atoms with van der Waals surface area (Å²) in [7, 11) is -2.20. The molecule has 1 aromatic carbocycles. The molecule has 0 fully saturated rings. The maximum Gasteiger partial charge on any atom is 0.251 e. The van der Waals surface area contributed by atoms with Gasteiger partial charge in [-0.3, -0.25) is 9.59 Å². The van der Waals surface area contributed by atoms with Gasteiger partial charge in [-0.2, -0.15) is 0 Å². The number of methoxy groups -OCH3 is 1. The molecule has 3 N–H and O–H groups in total. The molecule has 1 rings (SSSR count). The minimum atomic E-state index is -3.68. The van der Waals surface area contributed by atoms with Crippen LogP contribution in [0.1, 0.15) is 24.2 Å². The van der Waals surface area contributed by atoms with Crippen LogP contribution in [-0.2, 0) is 19.6 Å². The van der Waals surface area contributed by atoms with E-state index in [0.29, 0.717) is 6.54 Å². The second-order valence-electron chi connectivity index (χ2n) is 5.14. The van der Waals surface area contributed by atoms with Crippen LogP contribution in [0.15, 0.2) is 29.2 Å². The van der Waals surface area contributed by atoms with Crippen LogP contribution in [0, 0.1) is 0 Å². The van der Waals surface area contributed by atoms with Gasteiger partial charge in [0.25, 0.3) is 5.91 Å². The number of hydrogen-bond donors (Lipinski definition) is 3. The van der Waals surface area contributed by atoms with Crippen molar-refractivity contribution in [1.82, 2.24) is 15.4 Å². The first-order valence-electron chi connectivity index (χ1n) is 7.46. The van der Waals surface area contributed by atoms with Crippen LogP contribution in [0.2, 0.25) is 0 Å². The maximum atomic E-state index is 12.2. The van der Waals surface area contributed by atoms with Crippen LogP contribution >= 0.6 is 0 Å². The molecular weight excluding hydrogens is 334 g/mol. The fourth-order valence-electron chi connectivity index (χ4n) is 1.92. The summed E-state index contributed by atoms with van der Waals surface area (Å²) in [5, 5.41) is 5.02. The van der Waals surface area contributed by atoms with Crippen molar-refractivity contribution in [2.24, 2.45) is 0 Å². The summed E-state index contributed by atoms with van der Waals surface area (Å²) in [4.78, 5) is 23.2. The molecule has 0 saturated heterocycles. The number of likely N-dealkylation sites (N-methyl/N-ethyl adjacent to an activating group) is 1. The van der Waals surface area contributed by atoms with Gasteiger partial charge in [-0.1, -0.05) is 0 Å². The highest BCUT2D eigenvalue weighted by Gasteiger charge is 2.18. The van der Waals surface area contributed by atoms with Crippen LogP contribution in [0.25, 0.3) is 0 Å². The third-order valence-electron chi connectivity index (χ3n) is 2.98. The Labute approximate surface area is 142 Å². The van der Waals surface area contributed by atoms with Crippen LogP contribution in [-0.4, -0.2) is 53.1 Å². The van der Waals surface area contributed by atoms with Crippen LogP contribution in [0.4, 0.5) is 0 Å². The second kappa shape index (κ2) is 9.36. The van der Waals surface area contributed by atoms with Gasteiger partial charge in [0, 0.05) is 25.3 Å². The lowest BCUT2D eigenvalue weighted by Crippen LogP contribution is -2.37. The van der Waals surface area contributed by atoms with E-state index < -0.39 is 15.9 Å². The Hall–Kier alpha value is -1.97. The molecule has 134 valence electrons. The van der Waals surface area contributed by atoms with Crippen molar-refractivity contribution in [1.29, 1.82) is 0 Å². The van der Waals surface area contributed by atoms with Crippen molar-refractivity contribution in [3.8, 4) is 0 Å². The Morgan fingerprint density at radius 1 is 1.17 bits per heavy atom. The van der Waals surface area contributed by atoms with Gasteiger partial charge >= 0.3 is 0 Å². The molecule has 0 radical (unpaired) electrons. The standard InChI is InChI=1S/C15H23N3O5S/c1-4-16-14(19)9-17-15(20)12-5-7-13(8-6-12)24(21,22)18-11(2)10-23-3/h5-8,11,18H,4,9-10H2,1-3H3,(H,16,19)(H,17,20)/t11-/m0/s1. The van der Waals surface area contributed by atoms with Crippen molar-refractivity contribution >= 4 is 21.8 Å². The van der Waals surface area contributed by atoms with Gasteiger partial charge < -0.3 is 15.4 Å². The van der Waals surface area contributed by atoms with Crippen molar-refractivity contribution in [3.05, 3.63) is 29.8 Å². The fraction of sp³-hybridized carbons (Fsp3) is 0.467. The number of rotatable bonds is 9. The lowest BCUT2D eigenvalue weighted by molar-refractivity contribution is -0.120. The number of benzene rings is 1. The Morgan fingerprint density at radius 2 is 1.79 bits per heavy atom. The zero-order valence-electron chi connectivity index (χ0n) is 14.0. The van der Waals surface area contributed by atoms with Gasteiger partial charge in [-0.05, 0) is 38.1 Å². The normalized spacial score (nSPS) is 12.5. The summed E-state index contributed by atoms with van der Waals surface area (Å²) in [6.07, 6.45) is 0. The first-order valence-corrected chi connectivity index (χ1v) is 8.94. The molecule has 0 bridgehead atoms. The smallest absolute Gasteiger partial charge is 0.251 e. The molecule has 0 heterocycles. The van der Waals surface area contributed by atoms with Gasteiger partial charge in [0.1, 0.15) is 0 Å². The Balaban J connectivity index is 2.71. The highest BCUT2D eigenvalue weighted by Crippen LogP contribution is 2.11. The molecule has 0 aromatic heterocycles. The van der Waals surface area contributed by atoms with Gasteiger partial charge in [0.2, 0.25) is 15.9 Å². The predicted octanol–water partition coefficient (Wildman–Crippen LogP) is -0.134. The van der Waals surface area contributed by atoms with E-state index in [9.17, 15) is 18.0 Å². The van der Waals surface area contributed by atoms with Crippen molar-refractivity contribution in [2.45, 2.75) is 24.8 Å². The molecule has 8 nitrogen and oxygen atoms in total. The van der Waals surface area contributed by atoms with Gasteiger partial charge in [0.15, 0.2) is 0 Å². The third-order valence-corrected chi connectivity index (χ3v) is 4.59. The summed E-state index contributed by atoms with van der Waals surface area (Å²) in [6, 6.07) is 5.08. The first-order chi connectivity index (χ1) is 11.3. The molecule has 2 amide bonds. The van der Waals surface area contributed by atoms with Gasteiger partial charge in [0.05, 0.1) is 18.0 Å². The molecular formula is C15H23N3O5S. The number of amides is 2. The lowest BCUT2D eigenvalue weighted by atomic mass is 10.2. The van der Waals surface area contributed by atoms with Gasteiger partial charge in [-0.25, -0.2) is 13.1 Å². The first kappa shape index (κ1) is 20.1. The maximum absolute atomic E-state index is 12.2. The average Bonchev–Trinajstić information content (AvgIpc) is 2.52. The number of sulfonamides is 1. The average molecular weight is 357 g/mol. The minimum absolute atomic E-state index is 0.0470. The number of ether oxygens (including phenoxy) is 1. The largest absolute Gasteiger partial charge is 0.383 e. The topological polar surface area (TPSA) is 114 Å². The predicted molar refractivity (Wildman–Crippen MR) is 89.1 cm³/mol. The van der Waals surface area contributed by atoms with E-state index >= 15 is 0 Å². The molecule has 24 heavy (non-hydrogen) atoms. The molecule has 0 unspecified atom stereocenters. The van der Waals surface area contributed by atoms with Crippen LogP contribution < -0.4 is 15.4 Å². The van der Waals surface area contributed by atoms with Crippen LogP contribution in [0.5, 0.6) is 0 Å². The molecule has 1 aromatic rings. The van der Waals surface area contributed by atoms with E-state index in [1.54, 1.807) is 13.8 Å². The van der Waals surface area contributed by atoms with E-state index in [4.69, 9.17) is 4.74 Å². The highest BCUT2D eigenvalue weighted by molar-refractivity contribution is 7.89. The third kappa shape index (κ3) is 6.26. The molecule has 0 aliphatic carbocycles. The number of nitrogens with one attached hydrogen (secondary N) is 3. The van der Waals surface area contributed by atoms with Gasteiger partial charge in [-0.15, -0.1) is 0 Å². The molecule has 1 atom stereocenters. The quantitative estimate of drug-likeness (QED) is 0.569. The van der Waals surface area contributed by atoms with Crippen LogP contribution in [0.3, 0.4) is 0 Å². The molecule has 0 spiro atoms. The second-order valence-corrected chi connectivity index (χ2v) is 6.85. The van der Waals surface area contributed by atoms with E-state index in [2.05, 4.69) is 15.4 Å². The number of carbonyl (C=O) groups excluding carboxylic acids is 2. The molecule has 0 aliphatic heterocycles. The van der Waals surface area contributed by atoms with Crippen molar-refractivity contribution < 1.29 is 22.7 Å². The summed E-state index contributed by atoms with van der Waals surface area (Å²) in [5.41, 5.74) is 0.267. The monoisotopic (exact) mass is 357 g/mol. The van der Waals surface area contributed by atoms with E-state index in [1.807, 2.05) is 0 Å². The molecule has 0 saturated carbocycles. The fourth-order valence-corrected chi connectivity index (χ4v) is 3.15. The summed E-state index contributed by atoms with van der Waals surface area (Å²) >= 11 is 0. The molecule has 0 aliphatic rings. The lowest BCUT2D eigenvalue weighted by Gasteiger charge is -2.13. The number of carbonyl (C=O) groups is 2. The Bertz CT molecular complexity index is 658. The number of hydrogen-bond acceptors (Lipinski definition) is 5. The van der Waals surface area contributed by atoms with E-state index in [1.165, 1.54) is 31.4 Å². The summed E-state index contributed by atoms with van der Waals surface area (Å²) in [5.74, 6) is -0.743. The van der Waals surface area contributed by atoms with E-state index in [-0.39, 0.29) is 35.6 Å². The minimum Gasteiger partial charge on any atom is -0.383 e. The van der Waals surface area contributed by atoms with Crippen molar-refractivity contribution in [2.75, 3.05) is 26.8 Å².